The molecule has 0 unspecified atom stereocenters. The van der Waals surface area contributed by atoms with Gasteiger partial charge in [-0.15, -0.1) is 0 Å². The first kappa shape index (κ1) is 25.5. The Bertz CT molecular complexity index is 1610. The molecular formula is C26H26F3N7O2. The molecule has 0 spiro atoms. The van der Waals surface area contributed by atoms with Crippen LogP contribution in [0.25, 0.3) is 16.6 Å². The van der Waals surface area contributed by atoms with Crippen LogP contribution in [0.2, 0.25) is 0 Å². The Hall–Kier alpha value is -4.19. The minimum Gasteiger partial charge on any atom is -0.368 e. The van der Waals surface area contributed by atoms with Crippen LogP contribution in [0.3, 0.4) is 0 Å². The average Bonchev–Trinajstić information content (AvgIpc) is 3.44. The summed E-state index contributed by atoms with van der Waals surface area (Å²) in [6, 6.07) is 6.22. The van der Waals surface area contributed by atoms with E-state index in [0.29, 0.717) is 46.5 Å². The Kier molecular flexibility index (Phi) is 6.43. The highest BCUT2D eigenvalue weighted by Crippen LogP contribution is 2.40. The highest BCUT2D eigenvalue weighted by molar-refractivity contribution is 6.09. The molecule has 9 nitrogen and oxygen atoms in total. The molecule has 2 aromatic carbocycles. The van der Waals surface area contributed by atoms with Gasteiger partial charge in [0.1, 0.15) is 16.9 Å². The van der Waals surface area contributed by atoms with Crippen molar-refractivity contribution in [1.82, 2.24) is 19.6 Å². The molecule has 5 rings (SSSR count). The number of anilines is 2. The number of nitrogens with zero attached hydrogens (tertiary/aromatic N) is 5. The monoisotopic (exact) mass is 525 g/mol. The second-order valence-electron chi connectivity index (χ2n) is 9.59. The molecule has 1 saturated heterocycles. The van der Waals surface area contributed by atoms with E-state index in [2.05, 4.69) is 15.5 Å². The predicted octanol–water partition coefficient (Wildman–Crippen LogP) is 3.68. The third-order valence-corrected chi connectivity index (χ3v) is 6.54. The maximum atomic E-state index is 15.5. The van der Waals surface area contributed by atoms with Gasteiger partial charge < -0.3 is 16.0 Å². The third-order valence-electron chi connectivity index (χ3n) is 6.54. The normalized spacial score (nSPS) is 15.6. The smallest absolute Gasteiger partial charge is 0.276 e. The van der Waals surface area contributed by atoms with Gasteiger partial charge in [0.25, 0.3) is 11.5 Å². The molecule has 0 radical (unpaired) electrons. The van der Waals surface area contributed by atoms with Crippen LogP contribution in [0.4, 0.5) is 24.5 Å². The van der Waals surface area contributed by atoms with Crippen molar-refractivity contribution in [2.75, 3.05) is 23.3 Å². The summed E-state index contributed by atoms with van der Waals surface area (Å²) in [5, 5.41) is 11.7. The summed E-state index contributed by atoms with van der Waals surface area (Å²) in [4.78, 5) is 27.6. The topological polar surface area (TPSA) is 111 Å². The quantitative estimate of drug-likeness (QED) is 0.411. The highest BCUT2D eigenvalue weighted by atomic mass is 19.1. The number of aromatic nitrogens is 4. The minimum atomic E-state index is -1.02. The minimum absolute atomic E-state index is 0.0972. The van der Waals surface area contributed by atoms with Crippen LogP contribution in [-0.2, 0) is 0 Å². The Morgan fingerprint density at radius 2 is 1.79 bits per heavy atom. The van der Waals surface area contributed by atoms with Gasteiger partial charge in [-0.1, -0.05) is 6.07 Å². The van der Waals surface area contributed by atoms with Crippen LogP contribution < -0.4 is 21.5 Å². The van der Waals surface area contributed by atoms with Gasteiger partial charge in [0, 0.05) is 37.3 Å². The number of nitrogens with two attached hydrogens (primary N) is 1. The predicted molar refractivity (Wildman–Crippen MR) is 137 cm³/mol. The number of carbonyl (C=O) groups excluding carboxylic acids is 1. The van der Waals surface area contributed by atoms with Crippen molar-refractivity contribution < 1.29 is 18.0 Å². The van der Waals surface area contributed by atoms with Crippen LogP contribution in [0, 0.1) is 24.4 Å². The Morgan fingerprint density at radius 1 is 1.08 bits per heavy atom. The zero-order chi connectivity index (χ0) is 27.3. The number of para-hydroxylation sites is 1. The second-order valence-corrected chi connectivity index (χ2v) is 9.59. The van der Waals surface area contributed by atoms with E-state index in [1.54, 1.807) is 11.6 Å². The first-order valence-corrected chi connectivity index (χ1v) is 12.1. The van der Waals surface area contributed by atoms with Gasteiger partial charge in [-0.3, -0.25) is 14.3 Å². The molecule has 1 fully saturated rings. The maximum Gasteiger partial charge on any atom is 0.276 e. The van der Waals surface area contributed by atoms with Crippen LogP contribution in [0.1, 0.15) is 42.5 Å². The van der Waals surface area contributed by atoms with Gasteiger partial charge in [-0.2, -0.15) is 14.9 Å². The molecule has 38 heavy (non-hydrogen) atoms. The molecule has 4 aromatic rings. The van der Waals surface area contributed by atoms with Crippen molar-refractivity contribution in [3.63, 3.8) is 0 Å². The Labute approximate surface area is 215 Å². The first-order valence-electron chi connectivity index (χ1n) is 12.1. The molecule has 2 aromatic heterocycles. The molecule has 1 aliphatic heterocycles. The second kappa shape index (κ2) is 9.60. The lowest BCUT2D eigenvalue weighted by atomic mass is 10.1. The molecule has 0 saturated carbocycles. The van der Waals surface area contributed by atoms with E-state index in [-0.39, 0.29) is 23.5 Å². The van der Waals surface area contributed by atoms with E-state index in [4.69, 9.17) is 5.73 Å². The number of nitrogens with one attached hydrogen (secondary N) is 1. The van der Waals surface area contributed by atoms with Gasteiger partial charge in [0.2, 0.25) is 0 Å². The Morgan fingerprint density at radius 3 is 2.42 bits per heavy atom. The summed E-state index contributed by atoms with van der Waals surface area (Å²) >= 11 is 0. The zero-order valence-electron chi connectivity index (χ0n) is 21.0. The largest absolute Gasteiger partial charge is 0.368 e. The molecule has 3 heterocycles. The first-order chi connectivity index (χ1) is 18.1. The van der Waals surface area contributed by atoms with Crippen LogP contribution in [0.5, 0.6) is 0 Å². The number of halogens is 3. The van der Waals surface area contributed by atoms with Crippen molar-refractivity contribution in [2.24, 2.45) is 5.73 Å². The average molecular weight is 526 g/mol. The summed E-state index contributed by atoms with van der Waals surface area (Å²) in [7, 11) is 0. The highest BCUT2D eigenvalue weighted by Gasteiger charge is 2.29. The van der Waals surface area contributed by atoms with E-state index >= 15 is 4.39 Å². The summed E-state index contributed by atoms with van der Waals surface area (Å²) in [5.41, 5.74) is 5.95. The van der Waals surface area contributed by atoms with E-state index < -0.39 is 34.6 Å². The number of aryl methyl sites for hydroxylation is 1. The van der Waals surface area contributed by atoms with Crippen LogP contribution in [-0.4, -0.2) is 44.6 Å². The lowest BCUT2D eigenvalue weighted by Gasteiger charge is -2.24. The van der Waals surface area contributed by atoms with Crippen molar-refractivity contribution in [1.29, 1.82) is 0 Å². The summed E-state index contributed by atoms with van der Waals surface area (Å²) < 4.78 is 46.3. The fourth-order valence-corrected chi connectivity index (χ4v) is 4.82. The third kappa shape index (κ3) is 4.30. The van der Waals surface area contributed by atoms with Crippen molar-refractivity contribution in [3.05, 3.63) is 75.6 Å². The Balaban J connectivity index is 1.62. The van der Waals surface area contributed by atoms with Gasteiger partial charge >= 0.3 is 0 Å². The molecule has 12 heteroatoms. The number of benzene rings is 2. The fourth-order valence-electron chi connectivity index (χ4n) is 4.82. The molecule has 1 aliphatic rings. The number of rotatable bonds is 5. The summed E-state index contributed by atoms with van der Waals surface area (Å²) in [6.07, 6.45) is 0.713. The number of fused-ring (bicyclic) bond motifs is 1. The molecule has 0 aliphatic carbocycles. The molecule has 1 amide bonds. The lowest BCUT2D eigenvalue weighted by Crippen LogP contribution is -2.28. The van der Waals surface area contributed by atoms with Crippen molar-refractivity contribution in [2.45, 2.75) is 39.3 Å². The molecule has 1 atom stereocenters. The van der Waals surface area contributed by atoms with E-state index in [1.807, 2.05) is 18.7 Å². The standard InChI is InChI=1S/C26H26F3N7O2/c1-13(2)35-24-18(29)11-20(25(22(24)14(3)32-35)34-10-9-15(30)12-34)31-26(38)19-7-8-21(37)36(33-19)23-16(27)5-4-6-17(23)28/h4-8,11,13,15H,9-10,12,30H2,1-3H3,(H,31,38)/t15-/m1/s1. The van der Waals surface area contributed by atoms with Crippen LogP contribution >= 0.6 is 0 Å². The van der Waals surface area contributed by atoms with Gasteiger partial charge in [0.15, 0.2) is 17.5 Å². The zero-order valence-corrected chi connectivity index (χ0v) is 21.0. The van der Waals surface area contributed by atoms with Crippen molar-refractivity contribution in [3.8, 4) is 5.69 Å². The lowest BCUT2D eigenvalue weighted by molar-refractivity contribution is 0.102. The maximum absolute atomic E-state index is 15.5. The SMILES string of the molecule is Cc1nn(C(C)C)c2c(F)cc(NC(=O)c3ccc(=O)n(-c4c(F)cccc4F)n3)c(N3CC[C@@H](N)C3)c12. The van der Waals surface area contributed by atoms with Crippen LogP contribution in [0.15, 0.2) is 41.2 Å². The molecule has 198 valence electrons. The number of amides is 1. The van der Waals surface area contributed by atoms with E-state index in [1.165, 1.54) is 6.07 Å². The number of hydrogen-bond donors (Lipinski definition) is 2. The molecular weight excluding hydrogens is 499 g/mol. The van der Waals surface area contributed by atoms with Crippen molar-refractivity contribution >= 4 is 28.2 Å². The van der Waals surface area contributed by atoms with Gasteiger partial charge in [0.05, 0.1) is 22.5 Å². The fraction of sp³-hybridized carbons (Fsp3) is 0.308. The van der Waals surface area contributed by atoms with E-state index in [0.717, 1.165) is 30.3 Å². The molecule has 0 bridgehead atoms. The summed E-state index contributed by atoms with van der Waals surface area (Å²) in [5.74, 6) is -3.42. The summed E-state index contributed by atoms with van der Waals surface area (Å²) in [6.45, 7) is 6.64. The number of hydrogen-bond acceptors (Lipinski definition) is 6. The number of carbonyl (C=O) groups is 1. The van der Waals surface area contributed by atoms with Gasteiger partial charge in [-0.05, 0) is 45.4 Å². The van der Waals surface area contributed by atoms with E-state index in [9.17, 15) is 18.4 Å². The molecule has 3 N–H and O–H groups in total. The van der Waals surface area contributed by atoms with Gasteiger partial charge in [-0.25, -0.2) is 13.2 Å².